The van der Waals surface area contributed by atoms with Crippen molar-refractivity contribution in [1.82, 2.24) is 4.90 Å². The Bertz CT molecular complexity index is 616. The SMILES string of the molecule is Cc1c(C(=O)N(CCO)C2CC2)sc2ccccc12. The molecule has 3 nitrogen and oxygen atoms in total. The number of hydrogen-bond acceptors (Lipinski definition) is 3. The van der Waals surface area contributed by atoms with E-state index in [-0.39, 0.29) is 12.5 Å². The minimum absolute atomic E-state index is 0.0339. The Balaban J connectivity index is 1.98. The second kappa shape index (κ2) is 4.94. The second-order valence-corrected chi connectivity index (χ2v) is 6.06. The van der Waals surface area contributed by atoms with Crippen LogP contribution < -0.4 is 0 Å². The Morgan fingerprint density at radius 1 is 1.42 bits per heavy atom. The molecule has 100 valence electrons. The summed E-state index contributed by atoms with van der Waals surface area (Å²) in [5.41, 5.74) is 1.06. The van der Waals surface area contributed by atoms with Crippen LogP contribution >= 0.6 is 11.3 Å². The lowest BCUT2D eigenvalue weighted by atomic mass is 10.1. The van der Waals surface area contributed by atoms with Gasteiger partial charge in [0, 0.05) is 17.3 Å². The highest BCUT2D eigenvalue weighted by atomic mass is 32.1. The number of benzene rings is 1. The third-order valence-corrected chi connectivity index (χ3v) is 4.89. The van der Waals surface area contributed by atoms with E-state index in [9.17, 15) is 4.79 Å². The molecule has 19 heavy (non-hydrogen) atoms. The van der Waals surface area contributed by atoms with E-state index in [1.54, 1.807) is 11.3 Å². The Kier molecular flexibility index (Phi) is 3.29. The predicted molar refractivity (Wildman–Crippen MR) is 77.7 cm³/mol. The van der Waals surface area contributed by atoms with Crippen molar-refractivity contribution < 1.29 is 9.90 Å². The summed E-state index contributed by atoms with van der Waals surface area (Å²) in [4.78, 5) is 15.3. The smallest absolute Gasteiger partial charge is 0.264 e. The first-order valence-corrected chi connectivity index (χ1v) is 7.44. The molecule has 0 bridgehead atoms. The van der Waals surface area contributed by atoms with Crippen molar-refractivity contribution in [3.8, 4) is 0 Å². The van der Waals surface area contributed by atoms with Crippen LogP contribution in [0.15, 0.2) is 24.3 Å². The maximum absolute atomic E-state index is 12.6. The number of carbonyl (C=O) groups is 1. The van der Waals surface area contributed by atoms with Gasteiger partial charge in [-0.2, -0.15) is 0 Å². The average Bonchev–Trinajstić information content (AvgIpc) is 3.21. The predicted octanol–water partition coefficient (Wildman–Crippen LogP) is 2.81. The van der Waals surface area contributed by atoms with Crippen molar-refractivity contribution in [2.75, 3.05) is 13.2 Å². The molecular formula is C15H17NO2S. The van der Waals surface area contributed by atoms with Gasteiger partial charge in [0.15, 0.2) is 0 Å². The van der Waals surface area contributed by atoms with Crippen LogP contribution in [0.4, 0.5) is 0 Å². The van der Waals surface area contributed by atoms with Crippen LogP contribution in [0.5, 0.6) is 0 Å². The standard InChI is InChI=1S/C15H17NO2S/c1-10-12-4-2-3-5-13(12)19-14(10)15(18)16(8-9-17)11-6-7-11/h2-5,11,17H,6-9H2,1H3. The van der Waals surface area contributed by atoms with E-state index in [0.717, 1.165) is 33.4 Å². The molecule has 1 aliphatic rings. The van der Waals surface area contributed by atoms with Gasteiger partial charge in [-0.1, -0.05) is 18.2 Å². The van der Waals surface area contributed by atoms with Gasteiger partial charge in [0.25, 0.3) is 5.91 Å². The number of carbonyl (C=O) groups excluding carboxylic acids is 1. The summed E-state index contributed by atoms with van der Waals surface area (Å²) in [5.74, 6) is 0.0789. The molecule has 1 amide bonds. The maximum Gasteiger partial charge on any atom is 0.264 e. The number of hydrogen-bond donors (Lipinski definition) is 1. The highest BCUT2D eigenvalue weighted by molar-refractivity contribution is 7.21. The number of aliphatic hydroxyl groups excluding tert-OH is 1. The molecule has 1 aliphatic carbocycles. The zero-order valence-electron chi connectivity index (χ0n) is 10.9. The lowest BCUT2D eigenvalue weighted by Gasteiger charge is -2.20. The van der Waals surface area contributed by atoms with Crippen molar-refractivity contribution in [3.05, 3.63) is 34.7 Å². The Morgan fingerprint density at radius 2 is 2.16 bits per heavy atom. The average molecular weight is 275 g/mol. The molecule has 0 spiro atoms. The van der Waals surface area contributed by atoms with Crippen molar-refractivity contribution >= 4 is 27.3 Å². The van der Waals surface area contributed by atoms with Gasteiger partial charge in [-0.15, -0.1) is 11.3 Å². The van der Waals surface area contributed by atoms with E-state index in [4.69, 9.17) is 5.11 Å². The molecule has 0 atom stereocenters. The number of nitrogens with zero attached hydrogens (tertiary/aromatic N) is 1. The lowest BCUT2D eigenvalue weighted by molar-refractivity contribution is 0.0712. The molecule has 0 aliphatic heterocycles. The first-order valence-electron chi connectivity index (χ1n) is 6.62. The van der Waals surface area contributed by atoms with Crippen LogP contribution in [0.1, 0.15) is 28.1 Å². The molecule has 1 N–H and O–H groups in total. The first kappa shape index (κ1) is 12.6. The molecule has 0 unspecified atom stereocenters. The quantitative estimate of drug-likeness (QED) is 0.932. The minimum Gasteiger partial charge on any atom is -0.395 e. The highest BCUT2D eigenvalue weighted by Crippen LogP contribution is 2.34. The molecule has 0 radical (unpaired) electrons. The van der Waals surface area contributed by atoms with Gasteiger partial charge >= 0.3 is 0 Å². The number of aryl methyl sites for hydroxylation is 1. The second-order valence-electron chi connectivity index (χ2n) is 5.01. The van der Waals surface area contributed by atoms with Crippen molar-refractivity contribution in [3.63, 3.8) is 0 Å². The fourth-order valence-electron chi connectivity index (χ4n) is 2.45. The van der Waals surface area contributed by atoms with Gasteiger partial charge in [-0.25, -0.2) is 0 Å². The van der Waals surface area contributed by atoms with Gasteiger partial charge < -0.3 is 10.0 Å². The number of fused-ring (bicyclic) bond motifs is 1. The summed E-state index contributed by atoms with van der Waals surface area (Å²) in [6, 6.07) is 8.45. The van der Waals surface area contributed by atoms with E-state index in [1.807, 2.05) is 24.0 Å². The molecule has 1 heterocycles. The zero-order valence-corrected chi connectivity index (χ0v) is 11.7. The minimum atomic E-state index is 0.0339. The van der Waals surface area contributed by atoms with Gasteiger partial charge in [-0.05, 0) is 36.8 Å². The van der Waals surface area contributed by atoms with Gasteiger partial charge in [0.2, 0.25) is 0 Å². The monoisotopic (exact) mass is 275 g/mol. The first-order chi connectivity index (χ1) is 9.22. The van der Waals surface area contributed by atoms with E-state index < -0.39 is 0 Å². The van der Waals surface area contributed by atoms with Crippen molar-refractivity contribution in [2.24, 2.45) is 0 Å². The molecular weight excluding hydrogens is 258 g/mol. The molecule has 3 rings (SSSR count). The van der Waals surface area contributed by atoms with Crippen molar-refractivity contribution in [2.45, 2.75) is 25.8 Å². The van der Waals surface area contributed by atoms with E-state index in [2.05, 4.69) is 12.1 Å². The third-order valence-electron chi connectivity index (χ3n) is 3.63. The van der Waals surface area contributed by atoms with Crippen LogP contribution in [0.3, 0.4) is 0 Å². The fourth-order valence-corrected chi connectivity index (χ4v) is 3.62. The van der Waals surface area contributed by atoms with Gasteiger partial charge in [-0.3, -0.25) is 4.79 Å². The summed E-state index contributed by atoms with van der Waals surface area (Å²) in [7, 11) is 0. The van der Waals surface area contributed by atoms with Crippen molar-refractivity contribution in [1.29, 1.82) is 0 Å². The number of rotatable bonds is 4. The van der Waals surface area contributed by atoms with Gasteiger partial charge in [0.05, 0.1) is 11.5 Å². The van der Waals surface area contributed by atoms with Gasteiger partial charge in [0.1, 0.15) is 0 Å². The summed E-state index contributed by atoms with van der Waals surface area (Å²) in [5, 5.41) is 10.3. The molecule has 2 aromatic rings. The third kappa shape index (κ3) is 2.26. The molecule has 1 fully saturated rings. The van der Waals surface area contributed by atoms with Crippen LogP contribution in [0.2, 0.25) is 0 Å². The topological polar surface area (TPSA) is 40.5 Å². The molecule has 4 heteroatoms. The molecule has 1 aromatic heterocycles. The normalized spacial score (nSPS) is 14.8. The molecule has 0 saturated heterocycles. The Labute approximate surface area is 116 Å². The number of amides is 1. The largest absolute Gasteiger partial charge is 0.395 e. The summed E-state index contributed by atoms with van der Waals surface area (Å²) < 4.78 is 1.16. The summed E-state index contributed by atoms with van der Waals surface area (Å²) >= 11 is 1.56. The molecule has 1 aromatic carbocycles. The van der Waals surface area contributed by atoms with E-state index >= 15 is 0 Å². The fraction of sp³-hybridized carbons (Fsp3) is 0.400. The van der Waals surface area contributed by atoms with Crippen LogP contribution in [-0.4, -0.2) is 35.1 Å². The lowest BCUT2D eigenvalue weighted by Crippen LogP contribution is -2.35. The summed E-state index contributed by atoms with van der Waals surface area (Å²) in [6.07, 6.45) is 2.13. The summed E-state index contributed by atoms with van der Waals surface area (Å²) in [6.45, 7) is 2.49. The van der Waals surface area contributed by atoms with Crippen LogP contribution in [0.25, 0.3) is 10.1 Å². The van der Waals surface area contributed by atoms with Crippen LogP contribution in [-0.2, 0) is 0 Å². The molecule has 1 saturated carbocycles. The highest BCUT2D eigenvalue weighted by Gasteiger charge is 2.33. The maximum atomic E-state index is 12.6. The number of thiophene rings is 1. The van der Waals surface area contributed by atoms with E-state index in [1.165, 1.54) is 0 Å². The Morgan fingerprint density at radius 3 is 2.79 bits per heavy atom. The van der Waals surface area contributed by atoms with Crippen LogP contribution in [0, 0.1) is 6.92 Å². The van der Waals surface area contributed by atoms with E-state index in [0.29, 0.717) is 12.6 Å². The number of aliphatic hydroxyl groups is 1. The zero-order chi connectivity index (χ0) is 13.4. The Hall–Kier alpha value is -1.39.